The van der Waals surface area contributed by atoms with Gasteiger partial charge in [0.15, 0.2) is 0 Å². The highest BCUT2D eigenvalue weighted by molar-refractivity contribution is 7.88. The summed E-state index contributed by atoms with van der Waals surface area (Å²) in [6.07, 6.45) is 4.45. The fraction of sp³-hybridized carbons (Fsp3) is 0.632. The Bertz CT molecular complexity index is 728. The summed E-state index contributed by atoms with van der Waals surface area (Å²) in [6, 6.07) is 10.7. The predicted octanol–water partition coefficient (Wildman–Crippen LogP) is 1.41. The van der Waals surface area contributed by atoms with Crippen LogP contribution in [0.25, 0.3) is 0 Å². The lowest BCUT2D eigenvalue weighted by Gasteiger charge is -2.43. The van der Waals surface area contributed by atoms with E-state index in [-0.39, 0.29) is 24.4 Å². The molecule has 2 heterocycles. The summed E-state index contributed by atoms with van der Waals surface area (Å²) < 4.78 is 24.6. The average molecular weight is 380 g/mol. The Morgan fingerprint density at radius 3 is 2.50 bits per heavy atom. The van der Waals surface area contributed by atoms with Gasteiger partial charge in [-0.1, -0.05) is 30.3 Å². The van der Waals surface area contributed by atoms with Crippen molar-refractivity contribution in [3.63, 3.8) is 0 Å². The molecule has 0 aromatic heterocycles. The lowest BCUT2D eigenvalue weighted by atomic mass is 9.81. The van der Waals surface area contributed by atoms with Crippen LogP contribution in [0, 0.1) is 0 Å². The van der Waals surface area contributed by atoms with E-state index in [0.29, 0.717) is 5.92 Å². The number of nitrogens with one attached hydrogen (secondary N) is 1. The summed E-state index contributed by atoms with van der Waals surface area (Å²) in [5, 5.41) is 0. The molecule has 0 bridgehead atoms. The Balaban J connectivity index is 1.53. The van der Waals surface area contributed by atoms with Gasteiger partial charge in [-0.15, -0.1) is 0 Å². The maximum atomic E-state index is 12.3. The van der Waals surface area contributed by atoms with Gasteiger partial charge in [0.1, 0.15) is 0 Å². The second kappa shape index (κ2) is 7.66. The van der Waals surface area contributed by atoms with Gasteiger partial charge in [-0.05, 0) is 37.8 Å². The molecule has 2 aliphatic heterocycles. The zero-order chi connectivity index (χ0) is 18.8. The smallest absolute Gasteiger partial charge is 0.223 e. The summed E-state index contributed by atoms with van der Waals surface area (Å²) >= 11 is 0. The van der Waals surface area contributed by atoms with Crippen molar-refractivity contribution in [1.29, 1.82) is 0 Å². The number of carbonyl (C=O) groups excluding carboxylic acids is 1. The van der Waals surface area contributed by atoms with Crippen molar-refractivity contribution in [2.45, 2.75) is 37.1 Å². The van der Waals surface area contributed by atoms with Crippen molar-refractivity contribution in [1.82, 2.24) is 14.5 Å². The maximum absolute atomic E-state index is 12.3. The molecule has 1 aromatic rings. The van der Waals surface area contributed by atoms with Crippen LogP contribution in [0.5, 0.6) is 0 Å². The molecule has 3 rings (SSSR count). The van der Waals surface area contributed by atoms with Crippen molar-refractivity contribution in [2.75, 3.05) is 39.5 Å². The minimum atomic E-state index is -3.24. The lowest BCUT2D eigenvalue weighted by Crippen LogP contribution is -2.52. The van der Waals surface area contributed by atoms with Crippen LogP contribution in [0.3, 0.4) is 0 Å². The number of carbonyl (C=O) groups is 1. The second-order valence-corrected chi connectivity index (χ2v) is 9.55. The highest BCUT2D eigenvalue weighted by Crippen LogP contribution is 2.43. The third kappa shape index (κ3) is 4.45. The van der Waals surface area contributed by atoms with Crippen LogP contribution in [0.15, 0.2) is 30.3 Å². The summed E-state index contributed by atoms with van der Waals surface area (Å²) in [4.78, 5) is 16.7. The van der Waals surface area contributed by atoms with Crippen LogP contribution in [-0.4, -0.2) is 69.1 Å². The van der Waals surface area contributed by atoms with E-state index in [1.807, 2.05) is 4.90 Å². The normalized spacial score (nSPS) is 23.5. The first-order valence-corrected chi connectivity index (χ1v) is 11.2. The van der Waals surface area contributed by atoms with Crippen LogP contribution < -0.4 is 4.72 Å². The number of benzene rings is 1. The Labute approximate surface area is 156 Å². The Hall–Kier alpha value is -1.44. The van der Waals surface area contributed by atoms with Gasteiger partial charge in [-0.3, -0.25) is 9.69 Å². The van der Waals surface area contributed by atoms with Gasteiger partial charge in [0.2, 0.25) is 15.9 Å². The third-order valence-corrected chi connectivity index (χ3v) is 6.68. The zero-order valence-electron chi connectivity index (χ0n) is 15.6. The Morgan fingerprint density at radius 1 is 1.23 bits per heavy atom. The fourth-order valence-corrected chi connectivity index (χ4v) is 4.88. The molecule has 7 heteroatoms. The zero-order valence-corrected chi connectivity index (χ0v) is 16.5. The molecule has 0 radical (unpaired) electrons. The number of piperidine rings is 1. The topological polar surface area (TPSA) is 69.7 Å². The number of hydrogen-bond donors (Lipinski definition) is 1. The first-order chi connectivity index (χ1) is 12.3. The van der Waals surface area contributed by atoms with Gasteiger partial charge in [-0.2, -0.15) is 0 Å². The number of likely N-dealkylation sites (N-methyl/N-ethyl adjacent to an activating group) is 1. The van der Waals surface area contributed by atoms with Crippen molar-refractivity contribution < 1.29 is 13.2 Å². The molecule has 2 fully saturated rings. The van der Waals surface area contributed by atoms with Crippen LogP contribution >= 0.6 is 0 Å². The Kier molecular flexibility index (Phi) is 5.69. The van der Waals surface area contributed by atoms with Gasteiger partial charge in [0, 0.05) is 38.1 Å². The van der Waals surface area contributed by atoms with Crippen LogP contribution in [0.1, 0.15) is 37.2 Å². The summed E-state index contributed by atoms with van der Waals surface area (Å²) in [5.41, 5.74) is 1.59. The molecular formula is C19H29N3O3S. The number of likely N-dealkylation sites (tertiary alicyclic amines) is 2. The highest BCUT2D eigenvalue weighted by Gasteiger charge is 2.46. The van der Waals surface area contributed by atoms with E-state index in [1.165, 1.54) is 5.56 Å². The monoisotopic (exact) mass is 379 g/mol. The standard InChI is InChI=1S/C19H29N3O3S/c1-21-15-17(16-6-4-3-5-7-16)14-19(21)9-12-22(13-10-19)18(23)8-11-20-26(2,24)25/h3-7,17,20H,8-15H2,1-2H3. The van der Waals surface area contributed by atoms with E-state index >= 15 is 0 Å². The van der Waals surface area contributed by atoms with E-state index < -0.39 is 10.0 Å². The molecule has 1 aromatic carbocycles. The Morgan fingerprint density at radius 2 is 1.88 bits per heavy atom. The van der Waals surface area contributed by atoms with E-state index in [0.717, 1.165) is 45.2 Å². The number of sulfonamides is 1. The first-order valence-electron chi connectivity index (χ1n) is 9.28. The maximum Gasteiger partial charge on any atom is 0.223 e. The number of hydrogen-bond acceptors (Lipinski definition) is 4. The summed E-state index contributed by atoms with van der Waals surface area (Å²) in [7, 11) is -1.03. The molecule has 144 valence electrons. The fourth-order valence-electron chi connectivity index (χ4n) is 4.41. The van der Waals surface area contributed by atoms with Crippen LogP contribution in [0.4, 0.5) is 0 Å². The van der Waals surface area contributed by atoms with Crippen LogP contribution in [0.2, 0.25) is 0 Å². The van der Waals surface area contributed by atoms with E-state index in [9.17, 15) is 13.2 Å². The molecule has 2 aliphatic rings. The van der Waals surface area contributed by atoms with Gasteiger partial charge in [-0.25, -0.2) is 13.1 Å². The van der Waals surface area contributed by atoms with Crippen LogP contribution in [-0.2, 0) is 14.8 Å². The first kappa shape index (κ1) is 19.3. The number of amides is 1. The largest absolute Gasteiger partial charge is 0.343 e. The molecule has 2 saturated heterocycles. The quantitative estimate of drug-likeness (QED) is 0.840. The molecule has 0 saturated carbocycles. The molecule has 26 heavy (non-hydrogen) atoms. The minimum Gasteiger partial charge on any atom is -0.343 e. The van der Waals surface area contributed by atoms with Crippen molar-refractivity contribution in [3.05, 3.63) is 35.9 Å². The molecule has 1 unspecified atom stereocenters. The molecule has 0 aliphatic carbocycles. The second-order valence-electron chi connectivity index (χ2n) is 7.71. The van der Waals surface area contributed by atoms with E-state index in [2.05, 4.69) is 47.0 Å². The molecule has 1 spiro atoms. The molecule has 1 amide bonds. The third-order valence-electron chi connectivity index (χ3n) is 5.95. The summed E-state index contributed by atoms with van der Waals surface area (Å²) in [6.45, 7) is 2.75. The van der Waals surface area contributed by atoms with E-state index in [4.69, 9.17) is 0 Å². The number of rotatable bonds is 5. The van der Waals surface area contributed by atoms with E-state index in [1.54, 1.807) is 0 Å². The van der Waals surface area contributed by atoms with Gasteiger partial charge >= 0.3 is 0 Å². The molecule has 1 atom stereocenters. The number of nitrogens with zero attached hydrogens (tertiary/aromatic N) is 2. The minimum absolute atomic E-state index is 0.0382. The van der Waals surface area contributed by atoms with Crippen molar-refractivity contribution in [2.24, 2.45) is 0 Å². The average Bonchev–Trinajstić information content (AvgIpc) is 2.91. The van der Waals surface area contributed by atoms with Crippen molar-refractivity contribution >= 4 is 15.9 Å². The van der Waals surface area contributed by atoms with Gasteiger partial charge in [0.05, 0.1) is 6.26 Å². The SMILES string of the molecule is CN1CC(c2ccccc2)CC12CCN(C(=O)CCNS(C)(=O)=O)CC2. The van der Waals surface area contributed by atoms with Gasteiger partial charge < -0.3 is 4.90 Å². The molecule has 6 nitrogen and oxygen atoms in total. The predicted molar refractivity (Wildman–Crippen MR) is 102 cm³/mol. The highest BCUT2D eigenvalue weighted by atomic mass is 32.2. The molecule has 1 N–H and O–H groups in total. The summed E-state index contributed by atoms with van der Waals surface area (Å²) in [5.74, 6) is 0.596. The van der Waals surface area contributed by atoms with Crippen molar-refractivity contribution in [3.8, 4) is 0 Å². The van der Waals surface area contributed by atoms with Gasteiger partial charge in [0.25, 0.3) is 0 Å². The lowest BCUT2D eigenvalue weighted by molar-refractivity contribution is -0.133. The molecular weight excluding hydrogens is 350 g/mol.